The number of nitrogens with zero attached hydrogens (tertiary/aromatic N) is 1. The van der Waals surface area contributed by atoms with E-state index >= 15 is 0 Å². The molecule has 1 aromatic carbocycles. The predicted octanol–water partition coefficient (Wildman–Crippen LogP) is 2.79. The van der Waals surface area contributed by atoms with Crippen LogP contribution >= 0.6 is 11.6 Å². The van der Waals surface area contributed by atoms with Crippen LogP contribution < -0.4 is 10.2 Å². The van der Waals surface area contributed by atoms with Gasteiger partial charge in [-0.05, 0) is 30.9 Å². The fraction of sp³-hybridized carbons (Fsp3) is 0.333. The van der Waals surface area contributed by atoms with Gasteiger partial charge >= 0.3 is 0 Å². The molecular formula is C15H15ClN2O2. The molecule has 1 fully saturated rings. The van der Waals surface area contributed by atoms with Gasteiger partial charge < -0.3 is 4.74 Å². The number of hydrazone groups is 1. The van der Waals surface area contributed by atoms with Gasteiger partial charge in [-0.1, -0.05) is 35.9 Å². The summed E-state index contributed by atoms with van der Waals surface area (Å²) in [4.78, 5) is 11.7. The highest BCUT2D eigenvalue weighted by Crippen LogP contribution is 2.40. The highest BCUT2D eigenvalue weighted by Gasteiger charge is 2.37. The van der Waals surface area contributed by atoms with E-state index in [4.69, 9.17) is 16.3 Å². The molecule has 1 saturated carbocycles. The van der Waals surface area contributed by atoms with Gasteiger partial charge in [0.2, 0.25) is 0 Å². The largest absolute Gasteiger partial charge is 0.482 e. The third-order valence-corrected chi connectivity index (χ3v) is 3.99. The van der Waals surface area contributed by atoms with Gasteiger partial charge in [0.25, 0.3) is 5.91 Å². The van der Waals surface area contributed by atoms with Gasteiger partial charge in [0.15, 0.2) is 6.61 Å². The fourth-order valence-electron chi connectivity index (χ4n) is 2.53. The molecule has 4 nitrogen and oxygen atoms in total. The van der Waals surface area contributed by atoms with Crippen molar-refractivity contribution in [2.75, 3.05) is 6.61 Å². The summed E-state index contributed by atoms with van der Waals surface area (Å²) in [7, 11) is 0. The molecular weight excluding hydrogens is 276 g/mol. The third kappa shape index (κ3) is 2.70. The van der Waals surface area contributed by atoms with Crippen molar-refractivity contribution in [1.82, 2.24) is 5.43 Å². The molecule has 2 unspecified atom stereocenters. The maximum Gasteiger partial charge on any atom is 0.277 e. The van der Waals surface area contributed by atoms with Crippen molar-refractivity contribution in [1.29, 1.82) is 0 Å². The number of hydrogen-bond donors (Lipinski definition) is 1. The average Bonchev–Trinajstić information content (AvgIpc) is 2.80. The number of halogens is 1. The molecule has 20 heavy (non-hydrogen) atoms. The van der Waals surface area contributed by atoms with Crippen molar-refractivity contribution in [3.63, 3.8) is 0 Å². The molecule has 0 heterocycles. The number of amides is 1. The lowest BCUT2D eigenvalue weighted by Gasteiger charge is -2.31. The molecule has 1 N–H and O–H groups in total. The van der Waals surface area contributed by atoms with Crippen LogP contribution in [0.2, 0.25) is 5.02 Å². The molecule has 2 aliphatic rings. The molecule has 0 saturated heterocycles. The van der Waals surface area contributed by atoms with E-state index in [9.17, 15) is 4.79 Å². The normalized spacial score (nSPS) is 25.1. The van der Waals surface area contributed by atoms with Gasteiger partial charge in [-0.15, -0.1) is 0 Å². The van der Waals surface area contributed by atoms with Crippen molar-refractivity contribution in [2.24, 2.45) is 16.9 Å². The number of ether oxygens (including phenoxy) is 1. The Morgan fingerprint density at radius 2 is 2.30 bits per heavy atom. The number of para-hydroxylation sites is 1. The summed E-state index contributed by atoms with van der Waals surface area (Å²) in [6.07, 6.45) is 6.40. The van der Waals surface area contributed by atoms with Crippen molar-refractivity contribution in [3.05, 3.63) is 41.4 Å². The van der Waals surface area contributed by atoms with Gasteiger partial charge in [0.1, 0.15) is 5.75 Å². The second-order valence-corrected chi connectivity index (χ2v) is 5.40. The van der Waals surface area contributed by atoms with Crippen LogP contribution in [0.5, 0.6) is 5.75 Å². The van der Waals surface area contributed by atoms with E-state index in [2.05, 4.69) is 22.7 Å². The van der Waals surface area contributed by atoms with Crippen LogP contribution in [-0.2, 0) is 4.79 Å². The Balaban J connectivity index is 1.46. The smallest absolute Gasteiger partial charge is 0.277 e. The molecule has 2 atom stereocenters. The topological polar surface area (TPSA) is 50.7 Å². The van der Waals surface area contributed by atoms with Crippen LogP contribution in [0.1, 0.15) is 12.8 Å². The molecule has 5 heteroatoms. The van der Waals surface area contributed by atoms with Crippen LogP contribution in [0.15, 0.2) is 41.5 Å². The number of rotatable bonds is 4. The first-order valence-electron chi connectivity index (χ1n) is 6.63. The molecule has 0 spiro atoms. The van der Waals surface area contributed by atoms with E-state index in [-0.39, 0.29) is 12.5 Å². The molecule has 0 bridgehead atoms. The van der Waals surface area contributed by atoms with E-state index in [1.54, 1.807) is 18.2 Å². The van der Waals surface area contributed by atoms with E-state index in [0.29, 0.717) is 22.6 Å². The summed E-state index contributed by atoms with van der Waals surface area (Å²) in [5.74, 6) is 1.36. The number of hydrogen-bond acceptors (Lipinski definition) is 3. The van der Waals surface area contributed by atoms with Crippen molar-refractivity contribution in [3.8, 4) is 5.75 Å². The average molecular weight is 291 g/mol. The zero-order valence-corrected chi connectivity index (χ0v) is 11.6. The SMILES string of the molecule is O=C(COc1ccccc1Cl)N/N=C1\CC2C=CCC12. The Bertz CT molecular complexity index is 583. The summed E-state index contributed by atoms with van der Waals surface area (Å²) in [5, 5.41) is 4.66. The van der Waals surface area contributed by atoms with Gasteiger partial charge in [-0.2, -0.15) is 5.10 Å². The number of allylic oxidation sites excluding steroid dienone is 2. The second kappa shape index (κ2) is 5.67. The quantitative estimate of drug-likeness (QED) is 0.685. The zero-order valence-electron chi connectivity index (χ0n) is 10.9. The highest BCUT2D eigenvalue weighted by atomic mass is 35.5. The lowest BCUT2D eigenvalue weighted by molar-refractivity contribution is -0.123. The maximum absolute atomic E-state index is 11.7. The minimum atomic E-state index is -0.271. The minimum Gasteiger partial charge on any atom is -0.482 e. The van der Waals surface area contributed by atoms with Gasteiger partial charge in [0, 0.05) is 11.6 Å². The molecule has 0 aromatic heterocycles. The van der Waals surface area contributed by atoms with Crippen molar-refractivity contribution < 1.29 is 9.53 Å². The first-order chi connectivity index (χ1) is 9.74. The van der Waals surface area contributed by atoms with E-state index in [1.807, 2.05) is 6.07 Å². The van der Waals surface area contributed by atoms with E-state index in [1.165, 1.54) is 0 Å². The highest BCUT2D eigenvalue weighted by molar-refractivity contribution is 6.32. The van der Waals surface area contributed by atoms with Crippen molar-refractivity contribution in [2.45, 2.75) is 12.8 Å². The number of carbonyl (C=O) groups excluding carboxylic acids is 1. The molecule has 2 aliphatic carbocycles. The summed E-state index contributed by atoms with van der Waals surface area (Å²) < 4.78 is 5.34. The number of nitrogens with one attached hydrogen (secondary N) is 1. The monoisotopic (exact) mass is 290 g/mol. The van der Waals surface area contributed by atoms with Crippen LogP contribution in [0.25, 0.3) is 0 Å². The maximum atomic E-state index is 11.7. The Morgan fingerprint density at radius 1 is 1.45 bits per heavy atom. The molecule has 3 rings (SSSR count). The van der Waals surface area contributed by atoms with Crippen LogP contribution in [-0.4, -0.2) is 18.2 Å². The molecule has 1 aromatic rings. The van der Waals surface area contributed by atoms with Gasteiger partial charge in [-0.25, -0.2) is 5.43 Å². The minimum absolute atomic E-state index is 0.0904. The van der Waals surface area contributed by atoms with Crippen molar-refractivity contribution >= 4 is 23.2 Å². The molecule has 0 radical (unpaired) electrons. The van der Waals surface area contributed by atoms with Gasteiger partial charge in [-0.3, -0.25) is 4.79 Å². The lowest BCUT2D eigenvalue weighted by Crippen LogP contribution is -2.36. The first-order valence-corrected chi connectivity index (χ1v) is 7.01. The van der Waals surface area contributed by atoms with E-state index in [0.717, 1.165) is 18.6 Å². The summed E-state index contributed by atoms with van der Waals surface area (Å²) >= 11 is 5.94. The Hall–Kier alpha value is -1.81. The van der Waals surface area contributed by atoms with Crippen LogP contribution in [0.3, 0.4) is 0 Å². The summed E-state index contributed by atoms with van der Waals surface area (Å²) in [6.45, 7) is -0.0904. The van der Waals surface area contributed by atoms with Crippen LogP contribution in [0, 0.1) is 11.8 Å². The van der Waals surface area contributed by atoms with Crippen LogP contribution in [0.4, 0.5) is 0 Å². The fourth-order valence-corrected chi connectivity index (χ4v) is 2.73. The number of fused-ring (bicyclic) bond motifs is 1. The molecule has 0 aliphatic heterocycles. The Morgan fingerprint density at radius 3 is 3.10 bits per heavy atom. The molecule has 104 valence electrons. The van der Waals surface area contributed by atoms with E-state index < -0.39 is 0 Å². The zero-order chi connectivity index (χ0) is 13.9. The Kier molecular flexibility index (Phi) is 3.74. The van der Waals surface area contributed by atoms with Gasteiger partial charge in [0.05, 0.1) is 5.02 Å². The second-order valence-electron chi connectivity index (χ2n) is 5.00. The predicted molar refractivity (Wildman–Crippen MR) is 77.9 cm³/mol. The lowest BCUT2D eigenvalue weighted by atomic mass is 9.74. The Labute approximate surface area is 122 Å². The first kappa shape index (κ1) is 13.2. The standard InChI is InChI=1S/C15H15ClN2O2/c16-12-6-1-2-7-14(12)20-9-15(19)18-17-13-8-10-4-3-5-11(10)13/h1-4,6-7,10-11H,5,8-9H2,(H,18,19)/b17-13+. The third-order valence-electron chi connectivity index (χ3n) is 3.68. The summed E-state index contributed by atoms with van der Waals surface area (Å²) in [6, 6.07) is 7.06. The number of benzene rings is 1. The summed E-state index contributed by atoms with van der Waals surface area (Å²) in [5.41, 5.74) is 3.62. The molecule has 1 amide bonds. The number of carbonyl (C=O) groups is 1.